The monoisotopic (exact) mass is 460 g/mol. The number of alkyl carbamates (subject to hydrolysis) is 1. The maximum absolute atomic E-state index is 12.9. The number of rotatable bonds is 8. The standard InChI is InChI=1S/C26H40N2O5/c1-5-31-24(29)21-18-28(17-20-14-10-7-11-15-20)33-23(21)22(16-19-12-8-6-9-13-19)27-25(30)32-26(2,3)4/h7,10-11,14-15,19,21-23H,5-6,8-9,12-13,16-18H2,1-4H3,(H,27,30). The lowest BCUT2D eigenvalue weighted by atomic mass is 9.82. The summed E-state index contributed by atoms with van der Waals surface area (Å²) in [5.41, 5.74) is 0.500. The van der Waals surface area contributed by atoms with E-state index in [0.717, 1.165) is 24.8 Å². The number of hydrogen-bond acceptors (Lipinski definition) is 6. The fourth-order valence-corrected chi connectivity index (χ4v) is 4.83. The molecule has 1 saturated carbocycles. The Bertz CT molecular complexity index is 758. The minimum absolute atomic E-state index is 0.280. The Hall–Kier alpha value is -2.12. The average Bonchev–Trinajstić information content (AvgIpc) is 3.17. The molecule has 1 aliphatic carbocycles. The number of nitrogens with zero attached hydrogens (tertiary/aromatic N) is 1. The molecule has 1 heterocycles. The molecule has 0 spiro atoms. The molecule has 2 fully saturated rings. The van der Waals surface area contributed by atoms with E-state index in [-0.39, 0.29) is 12.0 Å². The third kappa shape index (κ3) is 8.00. The summed E-state index contributed by atoms with van der Waals surface area (Å²) in [5, 5.41) is 4.88. The van der Waals surface area contributed by atoms with Crippen molar-refractivity contribution in [2.45, 2.75) is 90.5 Å². The van der Waals surface area contributed by atoms with Crippen LogP contribution in [0.5, 0.6) is 0 Å². The molecule has 7 nitrogen and oxygen atoms in total. The highest BCUT2D eigenvalue weighted by Crippen LogP contribution is 2.33. The summed E-state index contributed by atoms with van der Waals surface area (Å²) in [7, 11) is 0. The van der Waals surface area contributed by atoms with Crippen LogP contribution in [0.1, 0.15) is 71.8 Å². The second-order valence-electron chi connectivity index (χ2n) is 10.2. The van der Waals surface area contributed by atoms with Crippen LogP contribution in [0.2, 0.25) is 0 Å². The van der Waals surface area contributed by atoms with Gasteiger partial charge in [0.1, 0.15) is 17.6 Å². The molecular formula is C26H40N2O5. The van der Waals surface area contributed by atoms with Crippen LogP contribution in [0.3, 0.4) is 0 Å². The van der Waals surface area contributed by atoms with Gasteiger partial charge in [-0.3, -0.25) is 9.63 Å². The van der Waals surface area contributed by atoms with Gasteiger partial charge in [-0.05, 0) is 45.6 Å². The molecule has 184 valence electrons. The fraction of sp³-hybridized carbons (Fsp3) is 0.692. The van der Waals surface area contributed by atoms with Gasteiger partial charge in [0, 0.05) is 13.1 Å². The van der Waals surface area contributed by atoms with Crippen LogP contribution in [0.15, 0.2) is 30.3 Å². The highest BCUT2D eigenvalue weighted by atomic mass is 16.7. The number of benzene rings is 1. The molecule has 3 unspecified atom stereocenters. The van der Waals surface area contributed by atoms with E-state index in [4.69, 9.17) is 14.3 Å². The minimum Gasteiger partial charge on any atom is -0.466 e. The lowest BCUT2D eigenvalue weighted by Gasteiger charge is -2.32. The summed E-state index contributed by atoms with van der Waals surface area (Å²) in [4.78, 5) is 32.0. The van der Waals surface area contributed by atoms with Crippen LogP contribution in [-0.4, -0.2) is 48.0 Å². The summed E-state index contributed by atoms with van der Waals surface area (Å²) in [6, 6.07) is 9.69. The average molecular weight is 461 g/mol. The first-order valence-electron chi connectivity index (χ1n) is 12.4. The van der Waals surface area contributed by atoms with Crippen molar-refractivity contribution in [2.24, 2.45) is 11.8 Å². The molecular weight excluding hydrogens is 420 g/mol. The van der Waals surface area contributed by atoms with Gasteiger partial charge in [0.25, 0.3) is 0 Å². The molecule has 0 radical (unpaired) electrons. The maximum atomic E-state index is 12.9. The van der Waals surface area contributed by atoms with E-state index in [2.05, 4.69) is 5.32 Å². The summed E-state index contributed by atoms with van der Waals surface area (Å²) in [6.45, 7) is 8.65. The van der Waals surface area contributed by atoms with Crippen molar-refractivity contribution in [3.05, 3.63) is 35.9 Å². The number of hydrogen-bond donors (Lipinski definition) is 1. The molecule has 1 saturated heterocycles. The van der Waals surface area contributed by atoms with Crippen LogP contribution in [0.4, 0.5) is 4.79 Å². The van der Waals surface area contributed by atoms with Gasteiger partial charge in [-0.15, -0.1) is 0 Å². The van der Waals surface area contributed by atoms with Gasteiger partial charge >= 0.3 is 12.1 Å². The van der Waals surface area contributed by atoms with Gasteiger partial charge < -0.3 is 14.8 Å². The second-order valence-corrected chi connectivity index (χ2v) is 10.2. The zero-order valence-corrected chi connectivity index (χ0v) is 20.5. The van der Waals surface area contributed by atoms with Gasteiger partial charge in [0.15, 0.2) is 0 Å². The first kappa shape index (κ1) is 25.5. The predicted molar refractivity (Wildman–Crippen MR) is 126 cm³/mol. The molecule has 1 aliphatic heterocycles. The molecule has 0 aromatic heterocycles. The lowest BCUT2D eigenvalue weighted by Crippen LogP contribution is -2.50. The third-order valence-corrected chi connectivity index (χ3v) is 6.27. The second kappa shape index (κ2) is 11.8. The van der Waals surface area contributed by atoms with E-state index in [0.29, 0.717) is 25.6 Å². The molecule has 3 rings (SSSR count). The Morgan fingerprint density at radius 3 is 2.48 bits per heavy atom. The van der Waals surface area contributed by atoms with Crippen molar-refractivity contribution in [3.63, 3.8) is 0 Å². The SMILES string of the molecule is CCOC(=O)C1CN(Cc2ccccc2)OC1C(CC1CCCCC1)NC(=O)OC(C)(C)C. The lowest BCUT2D eigenvalue weighted by molar-refractivity contribution is -0.168. The summed E-state index contributed by atoms with van der Waals surface area (Å²) < 4.78 is 10.9. The number of hydroxylamine groups is 2. The summed E-state index contributed by atoms with van der Waals surface area (Å²) >= 11 is 0. The molecule has 7 heteroatoms. The number of amides is 1. The Morgan fingerprint density at radius 1 is 1.15 bits per heavy atom. The van der Waals surface area contributed by atoms with Crippen molar-refractivity contribution in [2.75, 3.05) is 13.2 Å². The van der Waals surface area contributed by atoms with Crippen molar-refractivity contribution >= 4 is 12.1 Å². The van der Waals surface area contributed by atoms with Gasteiger partial charge in [0.2, 0.25) is 0 Å². The topological polar surface area (TPSA) is 77.1 Å². The van der Waals surface area contributed by atoms with E-state index in [9.17, 15) is 9.59 Å². The zero-order chi connectivity index (χ0) is 23.8. The van der Waals surface area contributed by atoms with Crippen molar-refractivity contribution in [1.82, 2.24) is 10.4 Å². The molecule has 1 aromatic carbocycles. The predicted octanol–water partition coefficient (Wildman–Crippen LogP) is 4.85. The van der Waals surface area contributed by atoms with Crippen molar-refractivity contribution in [3.8, 4) is 0 Å². The highest BCUT2D eigenvalue weighted by Gasteiger charge is 2.45. The normalized spacial score (nSPS) is 23.2. The van der Waals surface area contributed by atoms with Crippen LogP contribution in [0, 0.1) is 11.8 Å². The molecule has 1 N–H and O–H groups in total. The summed E-state index contributed by atoms with van der Waals surface area (Å²) in [5.74, 6) is -0.261. The largest absolute Gasteiger partial charge is 0.466 e. The number of ether oxygens (including phenoxy) is 2. The molecule has 33 heavy (non-hydrogen) atoms. The smallest absolute Gasteiger partial charge is 0.407 e. The summed E-state index contributed by atoms with van der Waals surface area (Å²) in [6.07, 6.45) is 5.73. The van der Waals surface area contributed by atoms with Gasteiger partial charge in [-0.2, -0.15) is 5.06 Å². The third-order valence-electron chi connectivity index (χ3n) is 6.27. The van der Waals surface area contributed by atoms with Crippen LogP contribution in [0.25, 0.3) is 0 Å². The minimum atomic E-state index is -0.601. The molecule has 0 bridgehead atoms. The van der Waals surface area contributed by atoms with Crippen LogP contribution < -0.4 is 5.32 Å². The van der Waals surface area contributed by atoms with Gasteiger partial charge in [-0.1, -0.05) is 62.4 Å². The Morgan fingerprint density at radius 2 is 1.85 bits per heavy atom. The zero-order valence-electron chi connectivity index (χ0n) is 20.5. The number of carbonyl (C=O) groups excluding carboxylic acids is 2. The van der Waals surface area contributed by atoms with E-state index < -0.39 is 23.7 Å². The Kier molecular flexibility index (Phi) is 9.15. The Balaban J connectivity index is 1.79. The molecule has 3 atom stereocenters. The molecule has 1 amide bonds. The van der Waals surface area contributed by atoms with E-state index in [1.54, 1.807) is 0 Å². The first-order chi connectivity index (χ1) is 15.7. The number of carbonyl (C=O) groups is 2. The van der Waals surface area contributed by atoms with Gasteiger partial charge in [-0.25, -0.2) is 4.79 Å². The van der Waals surface area contributed by atoms with Crippen molar-refractivity contribution in [1.29, 1.82) is 0 Å². The van der Waals surface area contributed by atoms with Crippen molar-refractivity contribution < 1.29 is 23.9 Å². The van der Waals surface area contributed by atoms with Crippen LogP contribution >= 0.6 is 0 Å². The quantitative estimate of drug-likeness (QED) is 0.559. The molecule has 2 aliphatic rings. The van der Waals surface area contributed by atoms with E-state index in [1.807, 2.05) is 63.1 Å². The van der Waals surface area contributed by atoms with Crippen LogP contribution in [-0.2, 0) is 25.7 Å². The number of esters is 1. The van der Waals surface area contributed by atoms with E-state index >= 15 is 0 Å². The Labute approximate surface area is 198 Å². The number of nitrogens with one attached hydrogen (secondary N) is 1. The fourth-order valence-electron chi connectivity index (χ4n) is 4.83. The molecule has 1 aromatic rings. The highest BCUT2D eigenvalue weighted by molar-refractivity contribution is 5.74. The first-order valence-corrected chi connectivity index (χ1v) is 12.4. The van der Waals surface area contributed by atoms with Gasteiger partial charge in [0.05, 0.1) is 12.6 Å². The van der Waals surface area contributed by atoms with E-state index in [1.165, 1.54) is 19.3 Å². The maximum Gasteiger partial charge on any atom is 0.407 e.